The topological polar surface area (TPSA) is 130 Å². The lowest BCUT2D eigenvalue weighted by molar-refractivity contribution is -0.159. The molecule has 44 heavy (non-hydrogen) atoms. The SMILES string of the molecule is C[C@H](c1c[nH]c2ccccc12)[C@@H](NC(=O)C1CCCN(Cc2ccccc2)C1)C(=O)NC(CCCCN)C(=O)OC(C)(C)C. The maximum absolute atomic E-state index is 14.1. The predicted octanol–water partition coefficient (Wildman–Crippen LogP) is 4.62. The summed E-state index contributed by atoms with van der Waals surface area (Å²) in [6, 6.07) is 16.4. The van der Waals surface area contributed by atoms with Crippen molar-refractivity contribution >= 4 is 28.7 Å². The lowest BCUT2D eigenvalue weighted by Crippen LogP contribution is -2.56. The van der Waals surface area contributed by atoms with Crippen LogP contribution in [0.1, 0.15) is 76.8 Å². The van der Waals surface area contributed by atoms with Crippen molar-refractivity contribution in [3.8, 4) is 0 Å². The number of para-hydroxylation sites is 1. The average Bonchev–Trinajstić information content (AvgIpc) is 3.43. The number of aromatic nitrogens is 1. The molecule has 5 N–H and O–H groups in total. The number of esters is 1. The number of H-pyrrole nitrogens is 1. The van der Waals surface area contributed by atoms with Gasteiger partial charge in [-0.3, -0.25) is 14.5 Å². The van der Waals surface area contributed by atoms with Crippen molar-refractivity contribution in [2.75, 3.05) is 19.6 Å². The Hall–Kier alpha value is -3.69. The molecule has 1 aliphatic rings. The number of hydrogen-bond acceptors (Lipinski definition) is 6. The number of aromatic amines is 1. The number of hydrogen-bond donors (Lipinski definition) is 4. The molecular formula is C35H49N5O4. The van der Waals surface area contributed by atoms with E-state index < -0.39 is 29.6 Å². The van der Waals surface area contributed by atoms with Gasteiger partial charge >= 0.3 is 5.97 Å². The highest BCUT2D eigenvalue weighted by Crippen LogP contribution is 2.29. The zero-order chi connectivity index (χ0) is 31.7. The summed E-state index contributed by atoms with van der Waals surface area (Å²) in [5.74, 6) is -1.66. The second kappa shape index (κ2) is 15.3. The minimum Gasteiger partial charge on any atom is -0.458 e. The van der Waals surface area contributed by atoms with Gasteiger partial charge in [0.2, 0.25) is 11.8 Å². The molecule has 9 heteroatoms. The summed E-state index contributed by atoms with van der Waals surface area (Å²) in [4.78, 5) is 46.7. The molecule has 2 unspecified atom stereocenters. The predicted molar refractivity (Wildman–Crippen MR) is 174 cm³/mol. The molecule has 1 saturated heterocycles. The van der Waals surface area contributed by atoms with Gasteiger partial charge in [-0.1, -0.05) is 55.5 Å². The van der Waals surface area contributed by atoms with Crippen molar-refractivity contribution in [3.63, 3.8) is 0 Å². The minimum absolute atomic E-state index is 0.147. The fourth-order valence-corrected chi connectivity index (χ4v) is 5.97. The Morgan fingerprint density at radius 1 is 1.05 bits per heavy atom. The molecule has 0 saturated carbocycles. The Kier molecular flexibility index (Phi) is 11.6. The summed E-state index contributed by atoms with van der Waals surface area (Å²) >= 11 is 0. The summed E-state index contributed by atoms with van der Waals surface area (Å²) < 4.78 is 5.66. The van der Waals surface area contributed by atoms with Crippen LogP contribution in [0.2, 0.25) is 0 Å². The number of carbonyl (C=O) groups is 3. The second-order valence-corrected chi connectivity index (χ2v) is 13.0. The molecule has 0 aliphatic carbocycles. The van der Waals surface area contributed by atoms with Crippen LogP contribution >= 0.6 is 0 Å². The first-order valence-electron chi connectivity index (χ1n) is 15.9. The molecule has 1 fully saturated rings. The van der Waals surface area contributed by atoms with Gasteiger partial charge in [0, 0.05) is 36.1 Å². The number of unbranched alkanes of at least 4 members (excludes halogenated alkanes) is 1. The molecule has 2 heterocycles. The largest absolute Gasteiger partial charge is 0.458 e. The van der Waals surface area contributed by atoms with Gasteiger partial charge in [-0.2, -0.15) is 0 Å². The van der Waals surface area contributed by atoms with E-state index in [1.165, 1.54) is 5.56 Å². The average molecular weight is 604 g/mol. The summed E-state index contributed by atoms with van der Waals surface area (Å²) in [5.41, 5.74) is 8.09. The van der Waals surface area contributed by atoms with Crippen molar-refractivity contribution in [1.82, 2.24) is 20.5 Å². The maximum Gasteiger partial charge on any atom is 0.329 e. The normalized spacial score (nSPS) is 17.9. The first-order chi connectivity index (χ1) is 21.1. The van der Waals surface area contributed by atoms with Crippen LogP contribution in [0.15, 0.2) is 60.8 Å². The zero-order valence-corrected chi connectivity index (χ0v) is 26.6. The van der Waals surface area contributed by atoms with Crippen LogP contribution in [0.4, 0.5) is 0 Å². The summed E-state index contributed by atoms with van der Waals surface area (Å²) in [7, 11) is 0. The van der Waals surface area contributed by atoms with E-state index in [0.717, 1.165) is 48.8 Å². The molecule has 4 atom stereocenters. The van der Waals surface area contributed by atoms with Gasteiger partial charge in [0.05, 0.1) is 5.92 Å². The summed E-state index contributed by atoms with van der Waals surface area (Å²) in [6.07, 6.45) is 5.35. The number of likely N-dealkylation sites (tertiary alicyclic amines) is 1. The van der Waals surface area contributed by atoms with Gasteiger partial charge < -0.3 is 26.1 Å². The number of nitrogens with zero attached hydrogens (tertiary/aromatic N) is 1. The molecule has 1 aliphatic heterocycles. The van der Waals surface area contributed by atoms with Gasteiger partial charge in [0.15, 0.2) is 0 Å². The van der Waals surface area contributed by atoms with E-state index in [1.54, 1.807) is 20.8 Å². The number of carbonyl (C=O) groups excluding carboxylic acids is 3. The highest BCUT2D eigenvalue weighted by molar-refractivity contribution is 5.93. The zero-order valence-electron chi connectivity index (χ0n) is 26.6. The number of fused-ring (bicyclic) bond motifs is 1. The second-order valence-electron chi connectivity index (χ2n) is 13.0. The van der Waals surface area contributed by atoms with Gasteiger partial charge in [-0.05, 0) is 83.2 Å². The molecule has 2 aromatic carbocycles. The number of nitrogens with one attached hydrogen (secondary N) is 3. The van der Waals surface area contributed by atoms with E-state index in [9.17, 15) is 14.4 Å². The van der Waals surface area contributed by atoms with Gasteiger partial charge in [-0.25, -0.2) is 4.79 Å². The van der Waals surface area contributed by atoms with Gasteiger partial charge in [-0.15, -0.1) is 0 Å². The third-order valence-electron chi connectivity index (χ3n) is 8.27. The van der Waals surface area contributed by atoms with Crippen molar-refractivity contribution in [2.45, 2.75) is 89.9 Å². The van der Waals surface area contributed by atoms with Crippen molar-refractivity contribution in [1.29, 1.82) is 0 Å². The number of piperidine rings is 1. The molecule has 2 amide bonds. The molecule has 9 nitrogen and oxygen atoms in total. The fourth-order valence-electron chi connectivity index (χ4n) is 5.97. The van der Waals surface area contributed by atoms with E-state index in [2.05, 4.69) is 32.7 Å². The van der Waals surface area contributed by atoms with Crippen LogP contribution in [-0.2, 0) is 25.7 Å². The van der Waals surface area contributed by atoms with E-state index in [-0.39, 0.29) is 17.7 Å². The quantitative estimate of drug-likeness (QED) is 0.167. The standard InChI is InChI=1S/C35H49N5O4/c1-24(28-21-37-29-17-9-8-16-27(28)29)31(33(42)38-30(18-10-11-19-36)34(43)44-35(2,3)4)39-32(41)26-15-12-20-40(23-26)22-25-13-6-5-7-14-25/h5-9,13-14,16-17,21,24,26,30-31,37H,10-12,15,18-20,22-23,36H2,1-4H3,(H,38,42)(H,39,41)/t24-,26?,30?,31-/m1/s1. The molecular weight excluding hydrogens is 554 g/mol. The molecule has 238 valence electrons. The number of benzene rings is 2. The molecule has 1 aromatic heterocycles. The van der Waals surface area contributed by atoms with Crippen LogP contribution < -0.4 is 16.4 Å². The molecule has 0 bridgehead atoms. The fraction of sp³-hybridized carbons (Fsp3) is 0.514. The molecule has 4 rings (SSSR count). The number of nitrogens with two attached hydrogens (primary N) is 1. The van der Waals surface area contributed by atoms with Crippen molar-refractivity contribution in [3.05, 3.63) is 71.9 Å². The molecule has 0 radical (unpaired) electrons. The summed E-state index contributed by atoms with van der Waals surface area (Å²) in [6.45, 7) is 10.2. The first-order valence-corrected chi connectivity index (χ1v) is 15.9. The Morgan fingerprint density at radius 2 is 1.77 bits per heavy atom. The lowest BCUT2D eigenvalue weighted by atomic mass is 9.90. The minimum atomic E-state index is -0.898. The monoisotopic (exact) mass is 603 g/mol. The Balaban J connectivity index is 1.55. The van der Waals surface area contributed by atoms with Gasteiger partial charge in [0.1, 0.15) is 17.7 Å². The van der Waals surface area contributed by atoms with Crippen LogP contribution in [-0.4, -0.2) is 65.0 Å². The molecule has 0 spiro atoms. The van der Waals surface area contributed by atoms with Crippen LogP contribution in [0, 0.1) is 5.92 Å². The van der Waals surface area contributed by atoms with Crippen molar-refractivity contribution < 1.29 is 19.1 Å². The van der Waals surface area contributed by atoms with Crippen LogP contribution in [0.5, 0.6) is 0 Å². The highest BCUT2D eigenvalue weighted by atomic mass is 16.6. The Labute approximate surface area is 261 Å². The number of ether oxygens (including phenoxy) is 1. The van der Waals surface area contributed by atoms with E-state index in [1.807, 2.05) is 55.6 Å². The van der Waals surface area contributed by atoms with Crippen LogP contribution in [0.3, 0.4) is 0 Å². The Morgan fingerprint density at radius 3 is 2.50 bits per heavy atom. The van der Waals surface area contributed by atoms with E-state index >= 15 is 0 Å². The third kappa shape index (κ3) is 9.16. The van der Waals surface area contributed by atoms with Crippen LogP contribution in [0.25, 0.3) is 10.9 Å². The van der Waals surface area contributed by atoms with E-state index in [4.69, 9.17) is 10.5 Å². The summed E-state index contributed by atoms with van der Waals surface area (Å²) in [5, 5.41) is 7.06. The Bertz CT molecular complexity index is 1380. The number of amides is 2. The smallest absolute Gasteiger partial charge is 0.329 e. The van der Waals surface area contributed by atoms with Crippen molar-refractivity contribution in [2.24, 2.45) is 11.7 Å². The number of rotatable bonds is 13. The van der Waals surface area contributed by atoms with E-state index in [0.29, 0.717) is 25.9 Å². The lowest BCUT2D eigenvalue weighted by Gasteiger charge is -2.34. The maximum atomic E-state index is 14.1. The first kappa shape index (κ1) is 33.2. The highest BCUT2D eigenvalue weighted by Gasteiger charge is 2.36. The third-order valence-corrected chi connectivity index (χ3v) is 8.27. The molecule has 3 aromatic rings. The van der Waals surface area contributed by atoms with Gasteiger partial charge in [0.25, 0.3) is 0 Å².